The number of anilines is 1. The molecule has 1 heterocycles. The highest BCUT2D eigenvalue weighted by Gasteiger charge is 2.23. The Hall–Kier alpha value is -5.18. The van der Waals surface area contributed by atoms with Crippen LogP contribution in [0.2, 0.25) is 0 Å². The lowest BCUT2D eigenvalue weighted by Crippen LogP contribution is -2.42. The third kappa shape index (κ3) is 7.65. The second-order valence-electron chi connectivity index (χ2n) is 8.71. The van der Waals surface area contributed by atoms with Crippen molar-refractivity contribution in [3.05, 3.63) is 114 Å². The molecule has 0 aliphatic heterocycles. The van der Waals surface area contributed by atoms with Crippen molar-refractivity contribution >= 4 is 29.4 Å². The van der Waals surface area contributed by atoms with Crippen LogP contribution in [0.1, 0.15) is 39.3 Å². The van der Waals surface area contributed by atoms with E-state index in [1.54, 1.807) is 48.5 Å². The average Bonchev–Trinajstić information content (AvgIpc) is 3.50. The number of nitrogens with one attached hydrogen (secondary N) is 2. The number of furan rings is 1. The van der Waals surface area contributed by atoms with Crippen molar-refractivity contribution in [2.75, 3.05) is 5.32 Å². The summed E-state index contributed by atoms with van der Waals surface area (Å²) in [6.07, 6.45) is 1.37. The summed E-state index contributed by atoms with van der Waals surface area (Å²) in [4.78, 5) is 49.0. The Balaban J connectivity index is 1.37. The molecule has 0 unspecified atom stereocenters. The van der Waals surface area contributed by atoms with Crippen LogP contribution in [0.4, 0.5) is 5.69 Å². The minimum atomic E-state index is -1.03. The largest absolute Gasteiger partial charge is 0.459 e. The van der Waals surface area contributed by atoms with Crippen molar-refractivity contribution in [2.24, 2.45) is 5.73 Å². The van der Waals surface area contributed by atoms with E-state index in [4.69, 9.17) is 14.9 Å². The first-order chi connectivity index (χ1) is 18.9. The zero-order chi connectivity index (χ0) is 27.6. The molecule has 39 heavy (non-hydrogen) atoms. The third-order valence-corrected chi connectivity index (χ3v) is 5.86. The Morgan fingerprint density at radius 1 is 0.795 bits per heavy atom. The number of carbonyl (C=O) groups is 4. The Morgan fingerprint density at radius 2 is 1.46 bits per heavy atom. The SMILES string of the molecule is NC(=O)CC[C@H](NC(=O)c1ccc(-c2ccc(NC(=O)c3ccco3)cc2)cc1)C(=O)OCc1ccccc1. The van der Waals surface area contributed by atoms with E-state index < -0.39 is 23.8 Å². The molecule has 198 valence electrons. The summed E-state index contributed by atoms with van der Waals surface area (Å²) in [5, 5.41) is 5.41. The zero-order valence-electron chi connectivity index (χ0n) is 21.0. The lowest BCUT2D eigenvalue weighted by molar-refractivity contribution is -0.147. The van der Waals surface area contributed by atoms with Gasteiger partial charge in [0.2, 0.25) is 5.91 Å². The molecule has 1 aromatic heterocycles. The van der Waals surface area contributed by atoms with Gasteiger partial charge in [0.15, 0.2) is 5.76 Å². The smallest absolute Gasteiger partial charge is 0.328 e. The van der Waals surface area contributed by atoms with E-state index in [9.17, 15) is 19.2 Å². The molecule has 0 aliphatic carbocycles. The van der Waals surface area contributed by atoms with Crippen LogP contribution in [-0.4, -0.2) is 29.7 Å². The van der Waals surface area contributed by atoms with Crippen molar-refractivity contribution in [3.63, 3.8) is 0 Å². The molecule has 3 amide bonds. The van der Waals surface area contributed by atoms with Gasteiger partial charge in [-0.05, 0) is 59.5 Å². The molecular weight excluding hydrogens is 498 g/mol. The van der Waals surface area contributed by atoms with Gasteiger partial charge in [0.05, 0.1) is 6.26 Å². The lowest BCUT2D eigenvalue weighted by atomic mass is 10.0. The predicted molar refractivity (Wildman–Crippen MR) is 144 cm³/mol. The first-order valence-electron chi connectivity index (χ1n) is 12.2. The maximum Gasteiger partial charge on any atom is 0.328 e. The molecule has 0 radical (unpaired) electrons. The van der Waals surface area contributed by atoms with Crippen LogP contribution in [0, 0.1) is 0 Å². The molecule has 9 heteroatoms. The number of hydrogen-bond donors (Lipinski definition) is 3. The predicted octanol–water partition coefficient (Wildman–Crippen LogP) is 4.31. The molecule has 1 atom stereocenters. The maximum atomic E-state index is 12.9. The summed E-state index contributed by atoms with van der Waals surface area (Å²) in [7, 11) is 0. The molecule has 9 nitrogen and oxygen atoms in total. The topological polar surface area (TPSA) is 141 Å². The van der Waals surface area contributed by atoms with Gasteiger partial charge >= 0.3 is 5.97 Å². The second-order valence-corrected chi connectivity index (χ2v) is 8.71. The number of nitrogens with two attached hydrogens (primary N) is 1. The molecule has 4 rings (SSSR count). The van der Waals surface area contributed by atoms with Gasteiger partial charge in [-0.2, -0.15) is 0 Å². The molecule has 4 aromatic rings. The second kappa shape index (κ2) is 12.9. The van der Waals surface area contributed by atoms with Crippen molar-refractivity contribution in [3.8, 4) is 11.1 Å². The summed E-state index contributed by atoms with van der Waals surface area (Å²) < 4.78 is 10.4. The fourth-order valence-electron chi connectivity index (χ4n) is 3.77. The highest BCUT2D eigenvalue weighted by atomic mass is 16.5. The number of hydrogen-bond acceptors (Lipinski definition) is 6. The van der Waals surface area contributed by atoms with Crippen molar-refractivity contribution in [1.82, 2.24) is 5.32 Å². The van der Waals surface area contributed by atoms with E-state index in [2.05, 4.69) is 10.6 Å². The molecule has 0 spiro atoms. The summed E-state index contributed by atoms with van der Waals surface area (Å²) >= 11 is 0. The maximum absolute atomic E-state index is 12.9. The van der Waals surface area contributed by atoms with Crippen LogP contribution in [0.3, 0.4) is 0 Å². The standard InChI is InChI=1S/C30H27N3O6/c31-27(34)17-16-25(30(37)39-19-20-5-2-1-3-6-20)33-28(35)23-10-8-21(9-11-23)22-12-14-24(15-13-22)32-29(36)26-7-4-18-38-26/h1-15,18,25H,16-17,19H2,(H2,31,34)(H,32,36)(H,33,35)/t25-/m0/s1. The van der Waals surface area contributed by atoms with Gasteiger partial charge in [0.1, 0.15) is 12.6 Å². The first kappa shape index (κ1) is 26.9. The van der Waals surface area contributed by atoms with Crippen LogP contribution in [0.5, 0.6) is 0 Å². The molecule has 0 aliphatic rings. The Bertz CT molecular complexity index is 1420. The van der Waals surface area contributed by atoms with E-state index in [1.807, 2.05) is 42.5 Å². The van der Waals surface area contributed by atoms with Crippen LogP contribution < -0.4 is 16.4 Å². The highest BCUT2D eigenvalue weighted by Crippen LogP contribution is 2.22. The Kier molecular flexibility index (Phi) is 8.87. The number of esters is 1. The molecule has 0 fully saturated rings. The molecule has 0 bridgehead atoms. The quantitative estimate of drug-likeness (QED) is 0.249. The van der Waals surface area contributed by atoms with Gasteiger partial charge in [-0.25, -0.2) is 4.79 Å². The highest BCUT2D eigenvalue weighted by molar-refractivity contribution is 6.02. The number of primary amides is 1. The van der Waals surface area contributed by atoms with Gasteiger partial charge in [0.25, 0.3) is 11.8 Å². The molecule has 4 N–H and O–H groups in total. The van der Waals surface area contributed by atoms with Gasteiger partial charge in [-0.1, -0.05) is 54.6 Å². The van der Waals surface area contributed by atoms with E-state index in [0.717, 1.165) is 16.7 Å². The zero-order valence-corrected chi connectivity index (χ0v) is 21.0. The number of benzene rings is 3. The van der Waals surface area contributed by atoms with E-state index in [0.29, 0.717) is 11.3 Å². The Morgan fingerprint density at radius 3 is 2.08 bits per heavy atom. The van der Waals surface area contributed by atoms with Gasteiger partial charge in [0, 0.05) is 17.7 Å². The number of rotatable bonds is 11. The normalized spacial score (nSPS) is 11.3. The van der Waals surface area contributed by atoms with Gasteiger partial charge in [-0.3, -0.25) is 14.4 Å². The fraction of sp³-hybridized carbons (Fsp3) is 0.133. The molecule has 0 saturated heterocycles. The summed E-state index contributed by atoms with van der Waals surface area (Å²) in [5.41, 5.74) is 8.72. The number of amides is 3. The van der Waals surface area contributed by atoms with Crippen molar-refractivity contribution in [1.29, 1.82) is 0 Å². The fourth-order valence-corrected chi connectivity index (χ4v) is 3.77. The van der Waals surface area contributed by atoms with E-state index in [-0.39, 0.29) is 31.1 Å². The van der Waals surface area contributed by atoms with E-state index in [1.165, 1.54) is 6.26 Å². The molecule has 3 aromatic carbocycles. The summed E-state index contributed by atoms with van der Waals surface area (Å²) in [6.45, 7) is 0.0443. The lowest BCUT2D eigenvalue weighted by Gasteiger charge is -2.17. The molecule has 0 saturated carbocycles. The Labute approximate surface area is 225 Å². The third-order valence-electron chi connectivity index (χ3n) is 5.86. The number of ether oxygens (including phenoxy) is 1. The van der Waals surface area contributed by atoms with Crippen molar-refractivity contribution in [2.45, 2.75) is 25.5 Å². The average molecular weight is 526 g/mol. The van der Waals surface area contributed by atoms with Gasteiger partial charge in [-0.15, -0.1) is 0 Å². The van der Waals surface area contributed by atoms with E-state index >= 15 is 0 Å². The summed E-state index contributed by atoms with van der Waals surface area (Å²) in [6, 6.07) is 25.4. The summed E-state index contributed by atoms with van der Waals surface area (Å²) in [5.74, 6) is -1.84. The molecular formula is C30H27N3O6. The van der Waals surface area contributed by atoms with Crippen molar-refractivity contribution < 1.29 is 28.3 Å². The van der Waals surface area contributed by atoms with Crippen LogP contribution in [0.25, 0.3) is 11.1 Å². The minimum Gasteiger partial charge on any atom is -0.459 e. The van der Waals surface area contributed by atoms with Gasteiger partial charge < -0.3 is 25.5 Å². The monoisotopic (exact) mass is 525 g/mol. The van der Waals surface area contributed by atoms with Crippen LogP contribution in [-0.2, 0) is 20.9 Å². The van der Waals surface area contributed by atoms with Crippen LogP contribution in [0.15, 0.2) is 102 Å². The number of carbonyl (C=O) groups excluding carboxylic acids is 4. The minimum absolute atomic E-state index is 0.0234. The first-order valence-corrected chi connectivity index (χ1v) is 12.2. The van der Waals surface area contributed by atoms with Crippen LogP contribution >= 0.6 is 0 Å².